The minimum Gasteiger partial charge on any atom is -0.550 e. The molecule has 0 heterocycles. The molecule has 0 N–H and O–H groups in total. The highest BCUT2D eigenvalue weighted by atomic mass is 79.9. The molecule has 0 unspecified atom stereocenters. The van der Waals surface area contributed by atoms with Gasteiger partial charge in [0.25, 0.3) is 0 Å². The van der Waals surface area contributed by atoms with Gasteiger partial charge in [-0.05, 0) is 11.1 Å². The second-order valence-electron chi connectivity index (χ2n) is 2.92. The molecule has 0 amide bonds. The third-order valence-corrected chi connectivity index (χ3v) is 2.64. The van der Waals surface area contributed by atoms with E-state index < -0.39 is 11.9 Å². The monoisotopic (exact) mass is 241 g/mol. The highest BCUT2D eigenvalue weighted by molar-refractivity contribution is 9.08. The van der Waals surface area contributed by atoms with Crippen LogP contribution in [0.5, 0.6) is 0 Å². The van der Waals surface area contributed by atoms with Gasteiger partial charge in [0.1, 0.15) is 0 Å². The number of hydrogen-bond acceptors (Lipinski definition) is 2. The van der Waals surface area contributed by atoms with Crippen LogP contribution in [0.25, 0.3) is 0 Å². The number of benzene rings is 1. The van der Waals surface area contributed by atoms with Crippen LogP contribution in [-0.4, -0.2) is 5.97 Å². The topological polar surface area (TPSA) is 40.1 Å². The van der Waals surface area contributed by atoms with Crippen molar-refractivity contribution in [2.75, 3.05) is 0 Å². The molecular weight excluding hydrogens is 232 g/mol. The van der Waals surface area contributed by atoms with E-state index in [0.717, 1.165) is 16.5 Å². The Kier molecular flexibility index (Phi) is 3.48. The summed E-state index contributed by atoms with van der Waals surface area (Å²) in [5, 5.41) is 11.3. The van der Waals surface area contributed by atoms with Crippen molar-refractivity contribution in [3.8, 4) is 0 Å². The molecule has 0 aliphatic carbocycles. The van der Waals surface area contributed by atoms with Crippen molar-refractivity contribution >= 4 is 21.9 Å². The summed E-state index contributed by atoms with van der Waals surface area (Å²) in [7, 11) is 0. The molecule has 0 aromatic heterocycles. The van der Waals surface area contributed by atoms with E-state index in [2.05, 4.69) is 15.9 Å². The Hall–Kier alpha value is -0.830. The predicted molar refractivity (Wildman–Crippen MR) is 52.5 cm³/mol. The normalized spacial score (nSPS) is 12.5. The second kappa shape index (κ2) is 4.42. The Morgan fingerprint density at radius 1 is 1.46 bits per heavy atom. The first kappa shape index (κ1) is 10.3. The average molecular weight is 242 g/mol. The van der Waals surface area contributed by atoms with Crippen LogP contribution in [0.15, 0.2) is 24.3 Å². The van der Waals surface area contributed by atoms with Crippen molar-refractivity contribution in [1.82, 2.24) is 0 Å². The standard InChI is InChI=1S/C10H11BrO2/c1-7(10(12)13)9-4-2-8(6-11)3-5-9/h2-5,7H,6H2,1H3,(H,12,13)/p-1/t7-/m1/s1. The van der Waals surface area contributed by atoms with E-state index >= 15 is 0 Å². The minimum absolute atomic E-state index is 0.538. The maximum Gasteiger partial charge on any atom is 0.0486 e. The van der Waals surface area contributed by atoms with Gasteiger partial charge < -0.3 is 9.90 Å². The van der Waals surface area contributed by atoms with Crippen molar-refractivity contribution in [2.45, 2.75) is 18.2 Å². The van der Waals surface area contributed by atoms with Crippen molar-refractivity contribution < 1.29 is 9.90 Å². The lowest BCUT2D eigenvalue weighted by atomic mass is 10.0. The number of carboxylic acid groups (broad SMARTS) is 1. The average Bonchev–Trinajstić information content (AvgIpc) is 2.17. The SMILES string of the molecule is C[C@@H](C(=O)[O-])c1ccc(CBr)cc1. The van der Waals surface area contributed by atoms with Crippen molar-refractivity contribution in [2.24, 2.45) is 0 Å². The fraction of sp³-hybridized carbons (Fsp3) is 0.300. The fourth-order valence-corrected chi connectivity index (χ4v) is 1.41. The Morgan fingerprint density at radius 2 is 2.00 bits per heavy atom. The summed E-state index contributed by atoms with van der Waals surface area (Å²) in [6.07, 6.45) is 0. The van der Waals surface area contributed by atoms with E-state index in [9.17, 15) is 9.90 Å². The molecule has 0 saturated carbocycles. The summed E-state index contributed by atoms with van der Waals surface area (Å²) in [4.78, 5) is 10.5. The van der Waals surface area contributed by atoms with E-state index in [0.29, 0.717) is 0 Å². The molecule has 3 heteroatoms. The maximum absolute atomic E-state index is 10.5. The van der Waals surface area contributed by atoms with Crippen LogP contribution in [0.3, 0.4) is 0 Å². The Bertz CT molecular complexity index is 292. The Morgan fingerprint density at radius 3 is 2.38 bits per heavy atom. The molecule has 1 aromatic rings. The molecule has 0 fully saturated rings. The van der Waals surface area contributed by atoms with Crippen LogP contribution < -0.4 is 5.11 Å². The molecular formula is C10H10BrO2-. The summed E-state index contributed by atoms with van der Waals surface area (Å²) >= 11 is 3.32. The molecule has 0 radical (unpaired) electrons. The predicted octanol–water partition coefficient (Wildman–Crippen LogP) is 1.43. The van der Waals surface area contributed by atoms with Crippen LogP contribution in [-0.2, 0) is 10.1 Å². The summed E-state index contributed by atoms with van der Waals surface area (Å²) in [6, 6.07) is 7.45. The number of halogens is 1. The number of rotatable bonds is 3. The van der Waals surface area contributed by atoms with Crippen LogP contribution in [0, 0.1) is 0 Å². The Balaban J connectivity index is 2.85. The highest BCUT2D eigenvalue weighted by Gasteiger charge is 2.05. The van der Waals surface area contributed by atoms with E-state index in [1.54, 1.807) is 6.92 Å². The minimum atomic E-state index is -1.04. The molecule has 70 valence electrons. The lowest BCUT2D eigenvalue weighted by molar-refractivity contribution is -0.307. The van der Waals surface area contributed by atoms with Gasteiger partial charge in [0.2, 0.25) is 0 Å². The van der Waals surface area contributed by atoms with E-state index in [1.807, 2.05) is 24.3 Å². The molecule has 1 rings (SSSR count). The van der Waals surface area contributed by atoms with Crippen molar-refractivity contribution in [3.05, 3.63) is 35.4 Å². The summed E-state index contributed by atoms with van der Waals surface area (Å²) in [6.45, 7) is 1.62. The number of carbonyl (C=O) groups excluding carboxylic acids is 1. The molecule has 0 aliphatic heterocycles. The summed E-state index contributed by atoms with van der Waals surface area (Å²) in [5.74, 6) is -1.57. The van der Waals surface area contributed by atoms with E-state index in [4.69, 9.17) is 0 Å². The number of aliphatic carboxylic acids is 1. The van der Waals surface area contributed by atoms with Gasteiger partial charge in [0.15, 0.2) is 0 Å². The molecule has 1 aromatic carbocycles. The Labute approximate surface area is 85.7 Å². The van der Waals surface area contributed by atoms with Crippen molar-refractivity contribution in [1.29, 1.82) is 0 Å². The van der Waals surface area contributed by atoms with Crippen molar-refractivity contribution in [3.63, 3.8) is 0 Å². The van der Waals surface area contributed by atoms with E-state index in [1.165, 1.54) is 0 Å². The zero-order valence-corrected chi connectivity index (χ0v) is 8.87. The molecule has 0 aliphatic rings. The lowest BCUT2D eigenvalue weighted by Gasteiger charge is -2.12. The lowest BCUT2D eigenvalue weighted by Crippen LogP contribution is -2.27. The zero-order chi connectivity index (χ0) is 9.84. The number of alkyl halides is 1. The van der Waals surface area contributed by atoms with Crippen LogP contribution in [0.4, 0.5) is 0 Å². The smallest absolute Gasteiger partial charge is 0.0486 e. The third kappa shape index (κ3) is 2.56. The highest BCUT2D eigenvalue weighted by Crippen LogP contribution is 2.16. The number of carboxylic acids is 1. The van der Waals surface area contributed by atoms with Gasteiger partial charge >= 0.3 is 0 Å². The second-order valence-corrected chi connectivity index (χ2v) is 3.48. The maximum atomic E-state index is 10.5. The quantitative estimate of drug-likeness (QED) is 0.752. The molecule has 1 atom stereocenters. The summed E-state index contributed by atoms with van der Waals surface area (Å²) in [5.41, 5.74) is 1.92. The first-order valence-electron chi connectivity index (χ1n) is 4.01. The van der Waals surface area contributed by atoms with Gasteiger partial charge in [-0.1, -0.05) is 47.1 Å². The third-order valence-electron chi connectivity index (χ3n) is 1.99. The summed E-state index contributed by atoms with van der Waals surface area (Å²) < 4.78 is 0. The first-order chi connectivity index (χ1) is 6.15. The number of carbonyl (C=O) groups is 1. The molecule has 2 nitrogen and oxygen atoms in total. The molecule has 13 heavy (non-hydrogen) atoms. The van der Waals surface area contributed by atoms with Crippen LogP contribution in [0.1, 0.15) is 24.0 Å². The van der Waals surface area contributed by atoms with Gasteiger partial charge in [0, 0.05) is 17.2 Å². The zero-order valence-electron chi connectivity index (χ0n) is 7.29. The fourth-order valence-electron chi connectivity index (χ4n) is 1.03. The van der Waals surface area contributed by atoms with Gasteiger partial charge in [-0.3, -0.25) is 0 Å². The van der Waals surface area contributed by atoms with Crippen LogP contribution in [0.2, 0.25) is 0 Å². The van der Waals surface area contributed by atoms with Gasteiger partial charge in [-0.15, -0.1) is 0 Å². The molecule has 0 spiro atoms. The van der Waals surface area contributed by atoms with Gasteiger partial charge in [-0.25, -0.2) is 0 Å². The number of hydrogen-bond donors (Lipinski definition) is 0. The van der Waals surface area contributed by atoms with Crippen LogP contribution >= 0.6 is 15.9 Å². The van der Waals surface area contributed by atoms with Gasteiger partial charge in [-0.2, -0.15) is 0 Å². The van der Waals surface area contributed by atoms with E-state index in [-0.39, 0.29) is 0 Å². The van der Waals surface area contributed by atoms with Gasteiger partial charge in [0.05, 0.1) is 0 Å². The first-order valence-corrected chi connectivity index (χ1v) is 5.13. The molecule has 0 saturated heterocycles. The molecule has 0 bridgehead atoms. The largest absolute Gasteiger partial charge is 0.550 e.